The highest BCUT2D eigenvalue weighted by molar-refractivity contribution is 8.13. The number of aromatic amines is 1. The zero-order valence-electron chi connectivity index (χ0n) is 9.83. The van der Waals surface area contributed by atoms with Gasteiger partial charge in [0.2, 0.25) is 0 Å². The summed E-state index contributed by atoms with van der Waals surface area (Å²) in [6.07, 6.45) is 1.55. The van der Waals surface area contributed by atoms with Crippen molar-refractivity contribution < 1.29 is 8.42 Å². The van der Waals surface area contributed by atoms with E-state index >= 15 is 0 Å². The third kappa shape index (κ3) is 2.54. The van der Waals surface area contributed by atoms with Crippen molar-refractivity contribution in [2.75, 3.05) is 0 Å². The molecule has 0 aromatic carbocycles. The molecule has 9 heteroatoms. The molecule has 2 heterocycles. The summed E-state index contributed by atoms with van der Waals surface area (Å²) in [6, 6.07) is 1.69. The molecule has 0 radical (unpaired) electrons. The lowest BCUT2D eigenvalue weighted by atomic mass is 10.2. The van der Waals surface area contributed by atoms with Crippen molar-refractivity contribution in [1.29, 1.82) is 0 Å². The lowest BCUT2D eigenvalue weighted by Crippen LogP contribution is -2.12. The third-order valence-corrected chi connectivity index (χ3v) is 3.38. The van der Waals surface area contributed by atoms with E-state index in [-0.39, 0.29) is 11.1 Å². The van der Waals surface area contributed by atoms with E-state index in [0.29, 0.717) is 18.1 Å². The van der Waals surface area contributed by atoms with E-state index in [2.05, 4.69) is 20.4 Å². The summed E-state index contributed by atoms with van der Waals surface area (Å²) in [5.41, 5.74) is 0.592. The molecule has 1 N–H and O–H groups in total. The zero-order chi connectivity index (χ0) is 13.3. The molecule has 0 atom stereocenters. The Balaban J connectivity index is 2.58. The fraction of sp³-hybridized carbons (Fsp3) is 0.444. The fourth-order valence-corrected chi connectivity index (χ4v) is 2.48. The van der Waals surface area contributed by atoms with Crippen LogP contribution in [0.5, 0.6) is 0 Å². The molecule has 0 bridgehead atoms. The first-order valence-electron chi connectivity index (χ1n) is 5.27. The number of nitrogens with zero attached hydrogens (tertiary/aromatic N) is 4. The number of hydrogen-bond donors (Lipinski definition) is 1. The Morgan fingerprint density at radius 1 is 1.44 bits per heavy atom. The predicted molar refractivity (Wildman–Crippen MR) is 65.5 cm³/mol. The number of hydrogen-bond acceptors (Lipinski definition) is 5. The Kier molecular flexibility index (Phi) is 3.40. The molecule has 0 spiro atoms. The molecular weight excluding hydrogens is 278 g/mol. The van der Waals surface area contributed by atoms with Crippen molar-refractivity contribution in [2.45, 2.75) is 25.5 Å². The van der Waals surface area contributed by atoms with E-state index < -0.39 is 9.05 Å². The highest BCUT2D eigenvalue weighted by atomic mass is 35.7. The lowest BCUT2D eigenvalue weighted by molar-refractivity contribution is 0.488. The van der Waals surface area contributed by atoms with Gasteiger partial charge >= 0.3 is 0 Å². The van der Waals surface area contributed by atoms with Crippen LogP contribution in [0.4, 0.5) is 0 Å². The lowest BCUT2D eigenvalue weighted by Gasteiger charge is -2.10. The maximum Gasteiger partial charge on any atom is 0.296 e. The average Bonchev–Trinajstić information content (AvgIpc) is 2.81. The smallest absolute Gasteiger partial charge is 0.295 e. The maximum atomic E-state index is 11.4. The normalized spacial score (nSPS) is 12.2. The molecule has 0 aliphatic carbocycles. The Hall–Kier alpha value is -1.41. The molecule has 7 nitrogen and oxygen atoms in total. The average molecular weight is 290 g/mol. The molecular formula is C9H12ClN5O2S. The van der Waals surface area contributed by atoms with Gasteiger partial charge in [0, 0.05) is 23.4 Å². The topological polar surface area (TPSA) is 93.5 Å². The van der Waals surface area contributed by atoms with Crippen LogP contribution < -0.4 is 0 Å². The predicted octanol–water partition coefficient (Wildman–Crippen LogP) is 1.25. The van der Waals surface area contributed by atoms with Crippen LogP contribution >= 0.6 is 10.7 Å². The zero-order valence-corrected chi connectivity index (χ0v) is 11.4. The largest absolute Gasteiger partial charge is 0.296 e. The molecule has 0 saturated heterocycles. The number of rotatable bonds is 4. The number of H-pyrrole nitrogens is 1. The van der Waals surface area contributed by atoms with E-state index in [0.717, 1.165) is 0 Å². The van der Waals surface area contributed by atoms with Gasteiger partial charge in [-0.05, 0) is 12.0 Å². The quantitative estimate of drug-likeness (QED) is 0.855. The fourth-order valence-electron chi connectivity index (χ4n) is 1.58. The first-order valence-corrected chi connectivity index (χ1v) is 7.58. The van der Waals surface area contributed by atoms with Crippen molar-refractivity contribution in [1.82, 2.24) is 25.0 Å². The molecule has 0 aliphatic rings. The summed E-state index contributed by atoms with van der Waals surface area (Å²) in [6.45, 7) is 4.37. The standard InChI is InChI=1S/C9H12ClN5O2S/c1-6(2)5-15-8(7-3-4-11-12-7)13-14-9(15)18(10,16)17/h3-4,6H,5H2,1-2H3,(H,11,12). The molecule has 0 saturated carbocycles. The molecule has 2 aromatic rings. The second-order valence-electron chi connectivity index (χ2n) is 4.22. The van der Waals surface area contributed by atoms with Gasteiger partial charge in [0.05, 0.1) is 0 Å². The minimum atomic E-state index is -3.92. The Morgan fingerprint density at radius 3 is 2.67 bits per heavy atom. The summed E-state index contributed by atoms with van der Waals surface area (Å²) in [5, 5.41) is 13.8. The van der Waals surface area contributed by atoms with Crippen LogP contribution in [0.15, 0.2) is 17.4 Å². The molecule has 0 fully saturated rings. The first kappa shape index (κ1) is 13.0. The van der Waals surface area contributed by atoms with Gasteiger partial charge in [-0.2, -0.15) is 5.10 Å². The van der Waals surface area contributed by atoms with Gasteiger partial charge in [-0.1, -0.05) is 13.8 Å². The maximum absolute atomic E-state index is 11.4. The van der Waals surface area contributed by atoms with Crippen LogP contribution in [0.1, 0.15) is 13.8 Å². The van der Waals surface area contributed by atoms with Crippen LogP contribution in [0, 0.1) is 5.92 Å². The van der Waals surface area contributed by atoms with Crippen LogP contribution in [0.3, 0.4) is 0 Å². The molecule has 0 amide bonds. The minimum absolute atomic E-state index is 0.222. The Labute approximate surface area is 109 Å². The molecule has 2 rings (SSSR count). The second kappa shape index (κ2) is 4.69. The van der Waals surface area contributed by atoms with Crippen LogP contribution in [0.25, 0.3) is 11.5 Å². The van der Waals surface area contributed by atoms with Crippen molar-refractivity contribution in [3.8, 4) is 11.5 Å². The van der Waals surface area contributed by atoms with E-state index in [1.165, 1.54) is 4.57 Å². The third-order valence-electron chi connectivity index (χ3n) is 2.22. The van der Waals surface area contributed by atoms with Crippen LogP contribution in [0.2, 0.25) is 0 Å². The van der Waals surface area contributed by atoms with Crippen molar-refractivity contribution in [2.24, 2.45) is 5.92 Å². The highest BCUT2D eigenvalue weighted by Crippen LogP contribution is 2.21. The molecule has 2 aromatic heterocycles. The summed E-state index contributed by atoms with van der Waals surface area (Å²) < 4.78 is 24.3. The van der Waals surface area contributed by atoms with Crippen LogP contribution in [-0.4, -0.2) is 33.4 Å². The van der Waals surface area contributed by atoms with E-state index in [4.69, 9.17) is 10.7 Å². The molecule has 0 aliphatic heterocycles. The van der Waals surface area contributed by atoms with Crippen molar-refractivity contribution in [3.63, 3.8) is 0 Å². The molecule has 0 unspecified atom stereocenters. The second-order valence-corrected chi connectivity index (χ2v) is 6.68. The highest BCUT2D eigenvalue weighted by Gasteiger charge is 2.24. The SMILES string of the molecule is CC(C)Cn1c(-c2ccn[nH]2)nnc1S(=O)(=O)Cl. The number of nitrogens with one attached hydrogen (secondary N) is 1. The van der Waals surface area contributed by atoms with Gasteiger partial charge in [-0.25, -0.2) is 8.42 Å². The van der Waals surface area contributed by atoms with Gasteiger partial charge in [-0.15, -0.1) is 10.2 Å². The van der Waals surface area contributed by atoms with E-state index in [9.17, 15) is 8.42 Å². The van der Waals surface area contributed by atoms with E-state index in [1.54, 1.807) is 12.3 Å². The van der Waals surface area contributed by atoms with Gasteiger partial charge < -0.3 is 0 Å². The van der Waals surface area contributed by atoms with Crippen LogP contribution in [-0.2, 0) is 15.6 Å². The summed E-state index contributed by atoms with van der Waals surface area (Å²) >= 11 is 0. The van der Waals surface area contributed by atoms with Gasteiger partial charge in [-0.3, -0.25) is 9.67 Å². The number of halogens is 1. The summed E-state index contributed by atoms with van der Waals surface area (Å²) in [7, 11) is 1.42. The summed E-state index contributed by atoms with van der Waals surface area (Å²) in [4.78, 5) is 0. The van der Waals surface area contributed by atoms with Gasteiger partial charge in [0.15, 0.2) is 5.82 Å². The molecule has 18 heavy (non-hydrogen) atoms. The molecule has 98 valence electrons. The minimum Gasteiger partial charge on any atom is -0.295 e. The van der Waals surface area contributed by atoms with Crippen molar-refractivity contribution in [3.05, 3.63) is 12.3 Å². The van der Waals surface area contributed by atoms with Crippen molar-refractivity contribution >= 4 is 19.7 Å². The number of aromatic nitrogens is 5. The Bertz CT molecular complexity index is 632. The monoisotopic (exact) mass is 289 g/mol. The Morgan fingerprint density at radius 2 is 2.17 bits per heavy atom. The summed E-state index contributed by atoms with van der Waals surface area (Å²) in [5.74, 6) is 0.625. The van der Waals surface area contributed by atoms with Gasteiger partial charge in [0.25, 0.3) is 14.2 Å². The van der Waals surface area contributed by atoms with Gasteiger partial charge in [0.1, 0.15) is 5.69 Å². The van der Waals surface area contributed by atoms with E-state index in [1.807, 2.05) is 13.8 Å². The first-order chi connectivity index (χ1) is 8.39.